The molecule has 1 amide bonds. The number of fused-ring (bicyclic) bond motifs is 2. The van der Waals surface area contributed by atoms with E-state index in [9.17, 15) is 59.7 Å². The van der Waals surface area contributed by atoms with Crippen LogP contribution in [0.4, 0.5) is 45.5 Å². The number of hydrogen-bond donors (Lipinski definition) is 10. The van der Waals surface area contributed by atoms with E-state index in [4.69, 9.17) is 61.8 Å². The number of aromatic hydroxyl groups is 2. The number of amides is 1. The standard InChI is InChI=1S/C18H14N4O5S2.C18H15N3O8S4.C16H13N3O10S4.2C2H6.2Na.O3S2/c23-16-11-10-15(18(24)17(16)22-20-12-4-2-1-3-5-12)21-19-13-6-8-14(9-7-13)29(26,28)27-25;1-10(22)19-14-9-13(32(26,30)28-24)7-11-8-15(33(27,31)29-25)17(18(23)16(11)14)21-20-12-5-3-2-4-6-12;17-12-7-11(32(23,24)25)5-8-6-13(31-29-27-21)15(16(20)14(8)12)19-18-9-1-3-10(4-2-9)33(26,30)28-22;2*1-2;;;1-4-5(2)3/h1-11,19-20,25H;2-9,23-25H,1H3,(H,19,22);1-7,20-22H,17H2,(H,23,24,25);2*1-2H3;;;/q;;;;;2*+1;/p-2. The van der Waals surface area contributed by atoms with Crippen molar-refractivity contribution >= 4 is 194 Å². The SMILES string of the molecule is CC.CC.CC(=O)Nc1cc(S(=O)(=S)OO)cc2cc(S(=O)(=S)OO)c(N=Nc3ccccc3)c(O)c12.Nc1cc(S(=O)(=O)[O-])cc2cc(SOO[O-])c(N=Nc3ccc(S(=O)(=S)OO)cc3)c(O)c12.O=S=S(=O)=O.O=c1ccc(=NNc2ccc(S(=O)(=S)OO)cc2)c(=O)c1=NNc1ccccc1.[Na+].[Na+]. The van der Waals surface area contributed by atoms with Gasteiger partial charge in [0.1, 0.15) is 31.7 Å². The summed E-state index contributed by atoms with van der Waals surface area (Å²) in [6.45, 7) is 9.18. The monoisotopic (exact) mass is 1710 g/mol. The van der Waals surface area contributed by atoms with E-state index in [1.807, 2.05) is 33.8 Å². The van der Waals surface area contributed by atoms with Crippen LogP contribution in [-0.4, -0.2) is 79.6 Å². The Morgan fingerprint density at radius 3 is 1.52 bits per heavy atom. The van der Waals surface area contributed by atoms with Crippen molar-refractivity contribution in [2.45, 2.75) is 64.0 Å². The molecule has 0 saturated carbocycles. The van der Waals surface area contributed by atoms with Crippen LogP contribution in [0.2, 0.25) is 0 Å². The number of nitrogens with zero attached hydrogens (tertiary/aromatic N) is 6. The van der Waals surface area contributed by atoms with E-state index in [1.165, 1.54) is 73.7 Å². The Balaban J connectivity index is 0.000000507. The fourth-order valence-corrected chi connectivity index (χ4v) is 12.6. The molecule has 556 valence electrons. The van der Waals surface area contributed by atoms with Crippen LogP contribution < -0.4 is 108 Å². The molecule has 11 N–H and O–H groups in total. The van der Waals surface area contributed by atoms with Gasteiger partial charge in [0, 0.05) is 68.1 Å². The molecule has 0 aliphatic heterocycles. The van der Waals surface area contributed by atoms with Crippen molar-refractivity contribution in [2.75, 3.05) is 21.9 Å². The molecule has 9 rings (SSSR count). The molecule has 4 unspecified atom stereocenters. The van der Waals surface area contributed by atoms with Gasteiger partial charge >= 0.3 is 68.4 Å². The number of carbonyl (C=O) groups is 1. The Morgan fingerprint density at radius 2 is 1.02 bits per heavy atom. The Labute approximate surface area is 673 Å². The molecule has 4 atom stereocenters. The zero-order valence-corrected chi connectivity index (χ0v) is 68.8. The largest absolute Gasteiger partial charge is 1.00 e. The third-order valence-electron chi connectivity index (χ3n) is 12.0. The topological polar surface area (TPSA) is 564 Å². The molecule has 0 heterocycles. The second kappa shape index (κ2) is 44.9. The summed E-state index contributed by atoms with van der Waals surface area (Å²) in [6.07, 6.45) is 0. The fraction of sp³-hybridized carbons (Fsp3) is 0.0893. The van der Waals surface area contributed by atoms with Gasteiger partial charge in [-0.3, -0.25) is 30.3 Å². The Kier molecular flexibility index (Phi) is 40.4. The summed E-state index contributed by atoms with van der Waals surface area (Å²) in [7, 11) is -22.5. The van der Waals surface area contributed by atoms with Gasteiger partial charge in [-0.2, -0.15) is 37.4 Å². The zero-order chi connectivity index (χ0) is 77.9. The summed E-state index contributed by atoms with van der Waals surface area (Å²) in [5.74, 6) is -1.75. The van der Waals surface area contributed by atoms with E-state index in [1.54, 1.807) is 54.6 Å². The fourth-order valence-electron chi connectivity index (χ4n) is 7.78. The molecule has 0 saturated heterocycles. The molecule has 9 aromatic rings. The summed E-state index contributed by atoms with van der Waals surface area (Å²) in [6, 6.07) is 37.1. The first kappa shape index (κ1) is 95.6. The van der Waals surface area contributed by atoms with Crippen molar-refractivity contribution in [2.24, 2.45) is 30.7 Å². The average molecular weight is 1710 g/mol. The molecular weight excluding hydrogens is 1660 g/mol. The number of benzene rings is 9. The number of para-hydroxylation sites is 1. The Bertz CT molecular complexity index is 5680. The number of phenolic OH excluding ortho intramolecular Hbond substituents is 2. The molecule has 0 aliphatic rings. The van der Waals surface area contributed by atoms with Crippen LogP contribution in [-0.2, 0) is 141 Å². The molecule has 0 bridgehead atoms. The van der Waals surface area contributed by atoms with Gasteiger partial charge in [0.25, 0.3) is 0 Å². The van der Waals surface area contributed by atoms with Crippen LogP contribution >= 0.6 is 12.0 Å². The summed E-state index contributed by atoms with van der Waals surface area (Å²) in [4.78, 5) is 35.0. The van der Waals surface area contributed by atoms with Gasteiger partial charge in [-0.25, -0.2) is 46.3 Å². The maximum absolute atomic E-state index is 12.7. The number of azo groups is 2. The van der Waals surface area contributed by atoms with Crippen molar-refractivity contribution in [3.8, 4) is 11.5 Å². The minimum atomic E-state index is -4.85. The number of rotatable bonds is 21. The van der Waals surface area contributed by atoms with Crippen LogP contribution in [0.5, 0.6) is 11.5 Å². The molecule has 106 heavy (non-hydrogen) atoms. The number of hydrogen-bond acceptors (Lipinski definition) is 40. The summed E-state index contributed by atoms with van der Waals surface area (Å²) >= 11 is 19.1. The average Bonchev–Trinajstić information content (AvgIpc) is 0.756. The molecule has 0 fully saturated rings. The van der Waals surface area contributed by atoms with E-state index in [-0.39, 0.29) is 134 Å². The molecule has 9 aromatic carbocycles. The number of nitrogen functional groups attached to an aromatic ring is 1. The summed E-state index contributed by atoms with van der Waals surface area (Å²) in [5, 5.41) is 96.2. The third kappa shape index (κ3) is 27.3. The summed E-state index contributed by atoms with van der Waals surface area (Å²) < 4.78 is 129. The number of nitrogens with one attached hydrogen (secondary N) is 3. The smallest absolute Gasteiger partial charge is 0.744 e. The quantitative estimate of drug-likeness (QED) is 0.00933. The first-order valence-corrected chi connectivity index (χ1v) is 41.9. The minimum absolute atomic E-state index is 0. The van der Waals surface area contributed by atoms with Crippen molar-refractivity contribution < 1.29 is 170 Å². The minimum Gasteiger partial charge on any atom is -0.744 e. The molecule has 0 spiro atoms. The van der Waals surface area contributed by atoms with Gasteiger partial charge in [-0.1, -0.05) is 64.1 Å². The van der Waals surface area contributed by atoms with Crippen LogP contribution in [0.15, 0.2) is 227 Å². The molecule has 0 aliphatic carbocycles. The van der Waals surface area contributed by atoms with Gasteiger partial charge < -0.3 is 31.1 Å². The molecule has 36 nitrogen and oxygen atoms in total. The predicted molar refractivity (Wildman–Crippen MR) is 389 cm³/mol. The number of carbonyl (C=O) groups excluding carboxylic acids is 1. The van der Waals surface area contributed by atoms with E-state index < -0.39 is 108 Å². The maximum Gasteiger partial charge on any atom is 1.00 e. The second-order valence-corrected chi connectivity index (χ2v) is 33.6. The zero-order valence-electron chi connectivity index (χ0n) is 55.0. The first-order valence-electron chi connectivity index (χ1n) is 27.7. The summed E-state index contributed by atoms with van der Waals surface area (Å²) in [5.41, 5.74) is 10.7. The molecule has 0 radical (unpaired) electrons. The van der Waals surface area contributed by atoms with Crippen molar-refractivity contribution in [1.29, 1.82) is 0 Å². The van der Waals surface area contributed by atoms with E-state index in [0.29, 0.717) is 29.1 Å². The maximum atomic E-state index is 12.7. The van der Waals surface area contributed by atoms with Crippen molar-refractivity contribution in [3.63, 3.8) is 0 Å². The molecule has 0 aromatic heterocycles. The van der Waals surface area contributed by atoms with Crippen LogP contribution in [0.1, 0.15) is 34.6 Å². The van der Waals surface area contributed by atoms with Gasteiger partial charge in [0.2, 0.25) is 62.1 Å². The van der Waals surface area contributed by atoms with Gasteiger partial charge in [-0.05, 0) is 132 Å². The van der Waals surface area contributed by atoms with Crippen LogP contribution in [0.25, 0.3) is 21.5 Å². The molecule has 50 heteroatoms. The number of phenols is 2. The van der Waals surface area contributed by atoms with Crippen LogP contribution in [0.3, 0.4) is 0 Å². The van der Waals surface area contributed by atoms with Crippen molar-refractivity contribution in [1.82, 2.24) is 0 Å². The second-order valence-electron chi connectivity index (χ2n) is 18.4. The van der Waals surface area contributed by atoms with E-state index >= 15 is 0 Å². The number of nitrogens with two attached hydrogens (primary N) is 1. The first-order chi connectivity index (χ1) is 49.1. The van der Waals surface area contributed by atoms with E-state index in [0.717, 1.165) is 30.3 Å². The Morgan fingerprint density at radius 1 is 0.566 bits per heavy atom. The van der Waals surface area contributed by atoms with Gasteiger partial charge in [0.15, 0.2) is 16.9 Å². The van der Waals surface area contributed by atoms with Crippen LogP contribution in [0, 0.1) is 0 Å². The third-order valence-corrected chi connectivity index (χ3v) is 21.1. The van der Waals surface area contributed by atoms with Crippen molar-refractivity contribution in [3.05, 3.63) is 189 Å². The van der Waals surface area contributed by atoms with E-state index in [2.05, 4.69) is 95.9 Å². The van der Waals surface area contributed by atoms with Gasteiger partial charge in [0.05, 0.1) is 65.0 Å². The Hall–Kier alpha value is -6.49. The molecular formula is C56H52N10Na2O26S12. The normalized spacial score (nSPS) is 13.5. The van der Waals surface area contributed by atoms with Gasteiger partial charge in [-0.15, -0.1) is 27.6 Å². The number of anilines is 4. The predicted octanol–water partition coefficient (Wildman–Crippen LogP) is 1.83.